The lowest BCUT2D eigenvalue weighted by atomic mass is 10.1. The van der Waals surface area contributed by atoms with Gasteiger partial charge in [0.1, 0.15) is 21.8 Å². The van der Waals surface area contributed by atoms with Crippen LogP contribution in [0.15, 0.2) is 47.4 Å². The molecule has 6 aromatic rings. The number of thioether (sulfide) groups is 1. The number of aromatic nitrogens is 7. The Labute approximate surface area is 366 Å². The number of nitrogens with one attached hydrogen (secondary N) is 3. The number of hydrogen-bond donors (Lipinski definition) is 5. The lowest BCUT2D eigenvalue weighted by Crippen LogP contribution is -2.43. The number of fused-ring (bicyclic) bond motifs is 2. The van der Waals surface area contributed by atoms with Crippen LogP contribution in [0.1, 0.15) is 77.5 Å². The van der Waals surface area contributed by atoms with Crippen LogP contribution in [0.3, 0.4) is 0 Å². The highest BCUT2D eigenvalue weighted by Gasteiger charge is 2.24. The molecule has 20 heteroatoms. The van der Waals surface area contributed by atoms with Crippen molar-refractivity contribution >= 4 is 80.7 Å². The summed E-state index contributed by atoms with van der Waals surface area (Å²) in [6, 6.07) is 8.25. The van der Waals surface area contributed by atoms with Crippen LogP contribution in [0.5, 0.6) is 5.75 Å². The highest BCUT2D eigenvalue weighted by atomic mass is 32.2. The fraction of sp³-hybridized carbons (Fsp3) is 0.381. The van der Waals surface area contributed by atoms with Crippen molar-refractivity contribution in [3.63, 3.8) is 0 Å². The van der Waals surface area contributed by atoms with E-state index in [0.29, 0.717) is 74.9 Å². The molecule has 326 valence electrons. The number of imidazole rings is 2. The van der Waals surface area contributed by atoms with Gasteiger partial charge in [0, 0.05) is 68.4 Å². The van der Waals surface area contributed by atoms with Gasteiger partial charge < -0.3 is 35.6 Å². The molecule has 2 aromatic carbocycles. The third kappa shape index (κ3) is 9.52. The topological polar surface area (TPSA) is 235 Å². The maximum absolute atomic E-state index is 13.9. The van der Waals surface area contributed by atoms with Crippen LogP contribution in [0.2, 0.25) is 0 Å². The molecule has 7 rings (SSSR count). The molecule has 7 N–H and O–H groups in total. The highest BCUT2D eigenvalue weighted by Crippen LogP contribution is 2.33. The van der Waals surface area contributed by atoms with E-state index in [1.807, 2.05) is 55.2 Å². The lowest BCUT2D eigenvalue weighted by molar-refractivity contribution is 0.0991. The van der Waals surface area contributed by atoms with Crippen molar-refractivity contribution in [2.24, 2.45) is 11.5 Å². The second kappa shape index (κ2) is 19.3. The molecule has 0 saturated carbocycles. The largest absolute Gasteiger partial charge is 0.491 e. The molecule has 18 nitrogen and oxygen atoms in total. The predicted octanol–water partition coefficient (Wildman–Crippen LogP) is 4.59. The average molecular weight is 882 g/mol. The van der Waals surface area contributed by atoms with E-state index in [4.69, 9.17) is 26.2 Å². The van der Waals surface area contributed by atoms with E-state index in [1.165, 1.54) is 23.1 Å². The van der Waals surface area contributed by atoms with Crippen LogP contribution in [0, 0.1) is 13.8 Å². The van der Waals surface area contributed by atoms with Gasteiger partial charge in [-0.25, -0.2) is 15.0 Å². The number of rotatable bonds is 18. The van der Waals surface area contributed by atoms with Gasteiger partial charge in [0.25, 0.3) is 11.8 Å². The first-order chi connectivity index (χ1) is 29.9. The molecular weight excluding hydrogens is 831 g/mol. The number of anilines is 2. The van der Waals surface area contributed by atoms with Gasteiger partial charge in [-0.1, -0.05) is 19.1 Å². The van der Waals surface area contributed by atoms with E-state index in [1.54, 1.807) is 35.0 Å². The van der Waals surface area contributed by atoms with Crippen molar-refractivity contribution in [3.05, 3.63) is 80.6 Å². The number of benzene rings is 2. The number of nitrogens with two attached hydrogens (primary N) is 2. The van der Waals surface area contributed by atoms with Crippen LogP contribution in [-0.4, -0.2) is 108 Å². The first-order valence-electron chi connectivity index (χ1n) is 20.4. The molecule has 0 unspecified atom stereocenters. The Bertz CT molecular complexity index is 2690. The Balaban J connectivity index is 1.25. The summed E-state index contributed by atoms with van der Waals surface area (Å²) in [6.45, 7) is 13.5. The van der Waals surface area contributed by atoms with Gasteiger partial charge in [0.05, 0.1) is 39.6 Å². The van der Waals surface area contributed by atoms with Crippen molar-refractivity contribution < 1.29 is 23.9 Å². The van der Waals surface area contributed by atoms with E-state index < -0.39 is 17.7 Å². The molecule has 4 aromatic heterocycles. The first kappa shape index (κ1) is 44.0. The highest BCUT2D eigenvalue weighted by molar-refractivity contribution is 7.98. The Hall–Kier alpha value is -6.09. The van der Waals surface area contributed by atoms with Gasteiger partial charge in [-0.3, -0.25) is 34.5 Å². The average Bonchev–Trinajstić information content (AvgIpc) is 4.03. The second-order valence-corrected chi connectivity index (χ2v) is 16.8. The number of thiazole rings is 1. The molecule has 0 bridgehead atoms. The molecule has 1 saturated heterocycles. The molecule has 1 aliphatic heterocycles. The molecule has 0 atom stereocenters. The number of piperazine rings is 1. The van der Waals surface area contributed by atoms with Crippen LogP contribution >= 0.6 is 23.1 Å². The summed E-state index contributed by atoms with van der Waals surface area (Å²) in [5, 5.41) is 14.6. The maximum Gasteiger partial charge on any atom is 0.276 e. The Kier molecular flexibility index (Phi) is 13.7. The molecule has 4 amide bonds. The number of carbonyl (C=O) groups is 4. The summed E-state index contributed by atoms with van der Waals surface area (Å²) in [4.78, 5) is 70.1. The fourth-order valence-electron chi connectivity index (χ4n) is 7.50. The summed E-state index contributed by atoms with van der Waals surface area (Å²) >= 11 is 2.73. The zero-order valence-electron chi connectivity index (χ0n) is 35.4. The minimum absolute atomic E-state index is 0.214. The molecular formula is C42H51N13O5S2. The molecule has 0 radical (unpaired) electrons. The van der Waals surface area contributed by atoms with E-state index in [0.717, 1.165) is 49.0 Å². The van der Waals surface area contributed by atoms with Crippen molar-refractivity contribution in [2.45, 2.75) is 65.1 Å². The van der Waals surface area contributed by atoms with Crippen molar-refractivity contribution in [1.29, 1.82) is 0 Å². The number of allylic oxidation sites excluding steroid dienone is 2. The van der Waals surface area contributed by atoms with Crippen LogP contribution in [-0.2, 0) is 26.1 Å². The number of carbonyl (C=O) groups excluding carboxylic acids is 4. The molecule has 1 aliphatic rings. The number of aryl methyl sites for hydroxylation is 4. The standard InChI is InChI=1S/C42H51N13O5S2/c1-6-28-36(62-25(4)46-28)40(59)50-42-47-29-20-26(37(43)56)22-32(60-18-10-13-52-16-11-45-12-17-52)34(29)53(42)14-8-9-15-54-35-30(21-27(38(44)57)23-33(35)61-5)48-41(54)49-39(58)31-19-24(3)51-55(31)7-2/h8-9,19-23,45H,6-7,10-18H2,1-5H3,(H2,43,56)(H2,44,57)(H,47,50,59)(H,48,49,58). The molecule has 62 heavy (non-hydrogen) atoms. The zero-order chi connectivity index (χ0) is 44.1. The summed E-state index contributed by atoms with van der Waals surface area (Å²) in [7, 11) is 0. The van der Waals surface area contributed by atoms with E-state index >= 15 is 0 Å². The number of primary amides is 2. The third-order valence-electron chi connectivity index (χ3n) is 10.5. The normalized spacial score (nSPS) is 13.4. The Morgan fingerprint density at radius 3 is 2.13 bits per heavy atom. The summed E-state index contributed by atoms with van der Waals surface area (Å²) in [5.41, 5.74) is 15.9. The molecule has 5 heterocycles. The quantitative estimate of drug-likeness (QED) is 0.0453. The maximum atomic E-state index is 13.9. The van der Waals surface area contributed by atoms with Crippen LogP contribution in [0.25, 0.3) is 22.1 Å². The van der Waals surface area contributed by atoms with Gasteiger partial charge in [-0.05, 0) is 70.2 Å². The van der Waals surface area contributed by atoms with Crippen molar-refractivity contribution in [3.8, 4) is 5.75 Å². The second-order valence-electron chi connectivity index (χ2n) is 14.7. The predicted molar refractivity (Wildman–Crippen MR) is 242 cm³/mol. The van der Waals surface area contributed by atoms with Gasteiger partial charge in [0.15, 0.2) is 0 Å². The van der Waals surface area contributed by atoms with Gasteiger partial charge in [0.2, 0.25) is 23.7 Å². The van der Waals surface area contributed by atoms with Gasteiger partial charge in [-0.15, -0.1) is 23.1 Å². The number of hydrogen-bond acceptors (Lipinski definition) is 13. The van der Waals surface area contributed by atoms with Gasteiger partial charge in [-0.2, -0.15) is 5.10 Å². The molecule has 0 spiro atoms. The fourth-order valence-corrected chi connectivity index (χ4v) is 9.06. The molecule has 0 aliphatic carbocycles. The third-order valence-corrected chi connectivity index (χ3v) is 12.2. The number of amides is 4. The molecule has 1 fully saturated rings. The van der Waals surface area contributed by atoms with E-state index in [-0.39, 0.29) is 36.5 Å². The van der Waals surface area contributed by atoms with E-state index in [9.17, 15) is 19.2 Å². The van der Waals surface area contributed by atoms with E-state index in [2.05, 4.69) is 30.9 Å². The number of ether oxygens (including phenoxy) is 1. The minimum Gasteiger partial charge on any atom is -0.491 e. The number of nitrogens with zero attached hydrogens (tertiary/aromatic N) is 8. The van der Waals surface area contributed by atoms with Crippen molar-refractivity contribution in [2.75, 3.05) is 56.2 Å². The minimum atomic E-state index is -0.636. The SMILES string of the molecule is CCc1nc(C)sc1C(=O)Nc1nc2cc(C(N)=O)cc(OCCCN3CCNCC3)c2n1CC=CCn1c(NC(=O)c2cc(C)nn2CC)nc2cc(C(N)=O)cc(SC)c21. The van der Waals surface area contributed by atoms with Crippen LogP contribution in [0.4, 0.5) is 11.9 Å². The smallest absolute Gasteiger partial charge is 0.276 e. The zero-order valence-corrected chi connectivity index (χ0v) is 37.0. The van der Waals surface area contributed by atoms with Crippen molar-refractivity contribution in [1.82, 2.24) is 44.1 Å². The summed E-state index contributed by atoms with van der Waals surface area (Å²) in [5.74, 6) is -1.07. The summed E-state index contributed by atoms with van der Waals surface area (Å²) < 4.78 is 11.7. The summed E-state index contributed by atoms with van der Waals surface area (Å²) in [6.07, 6.45) is 7.04. The first-order valence-corrected chi connectivity index (χ1v) is 22.5. The monoisotopic (exact) mass is 881 g/mol. The van der Waals surface area contributed by atoms with Gasteiger partial charge >= 0.3 is 0 Å². The van der Waals surface area contributed by atoms with Crippen LogP contribution < -0.4 is 32.2 Å². The Morgan fingerprint density at radius 1 is 0.871 bits per heavy atom. The lowest BCUT2D eigenvalue weighted by Gasteiger charge is -2.27. The Morgan fingerprint density at radius 2 is 1.50 bits per heavy atom.